The fraction of sp³-hybridized carbons (Fsp3) is 0.467. The van der Waals surface area contributed by atoms with Gasteiger partial charge in [-0.3, -0.25) is 4.90 Å². The Bertz CT molecular complexity index is 1400. The van der Waals surface area contributed by atoms with E-state index in [9.17, 15) is 5.26 Å². The number of piperidine rings is 1. The lowest BCUT2D eigenvalue weighted by Gasteiger charge is -2.43. The van der Waals surface area contributed by atoms with Gasteiger partial charge in [0.25, 0.3) is 0 Å². The van der Waals surface area contributed by atoms with Crippen LogP contribution in [0.2, 0.25) is 0 Å². The number of ether oxygens (including phenoxy) is 3. The Morgan fingerprint density at radius 1 is 1.10 bits per heavy atom. The molecule has 6 rings (SSSR count). The van der Waals surface area contributed by atoms with Gasteiger partial charge in [0, 0.05) is 50.4 Å². The smallest absolute Gasteiger partial charge is 0.239 e. The molecule has 3 fully saturated rings. The molecule has 3 aliphatic heterocycles. The second-order valence-corrected chi connectivity index (χ2v) is 10.8. The zero-order valence-corrected chi connectivity index (χ0v) is 23.5. The van der Waals surface area contributed by atoms with Crippen LogP contribution < -0.4 is 25.0 Å². The first-order valence-electron chi connectivity index (χ1n) is 14.2. The Morgan fingerprint density at radius 3 is 2.68 bits per heavy atom. The molecular weight excluding hydrogens is 520 g/mol. The van der Waals surface area contributed by atoms with Gasteiger partial charge >= 0.3 is 0 Å². The summed E-state index contributed by atoms with van der Waals surface area (Å²) in [6.07, 6.45) is 2.70. The van der Waals surface area contributed by atoms with Crippen LogP contribution >= 0.6 is 0 Å². The molecule has 2 atom stereocenters. The maximum Gasteiger partial charge on any atom is 0.239 e. The number of nitrogens with zero attached hydrogens (tertiary/aromatic N) is 6. The number of nitriles is 1. The van der Waals surface area contributed by atoms with Gasteiger partial charge in [-0.2, -0.15) is 10.2 Å². The third-order valence-electron chi connectivity index (χ3n) is 8.10. The molecule has 3 saturated heterocycles. The van der Waals surface area contributed by atoms with Crippen molar-refractivity contribution in [2.45, 2.75) is 25.5 Å². The number of hydrogen-bond acceptors (Lipinski definition) is 11. The summed E-state index contributed by atoms with van der Waals surface area (Å²) in [5.74, 6) is 2.54. The minimum Gasteiger partial charge on any atom is -0.489 e. The number of rotatable bonds is 8. The highest BCUT2D eigenvalue weighted by molar-refractivity contribution is 5.66. The third-order valence-corrected chi connectivity index (χ3v) is 8.10. The molecule has 0 saturated carbocycles. The van der Waals surface area contributed by atoms with Gasteiger partial charge in [0.2, 0.25) is 11.8 Å². The predicted octanol–water partition coefficient (Wildman–Crippen LogP) is 3.06. The quantitative estimate of drug-likeness (QED) is 0.426. The Hall–Kier alpha value is -3.98. The molecule has 3 aliphatic rings. The summed E-state index contributed by atoms with van der Waals surface area (Å²) in [4.78, 5) is 18.6. The first kappa shape index (κ1) is 27.2. The van der Waals surface area contributed by atoms with Gasteiger partial charge < -0.3 is 29.7 Å². The number of aromatic nitrogens is 3. The number of nitrogens with one attached hydrogen (secondary N) is 2. The van der Waals surface area contributed by atoms with Gasteiger partial charge in [0.1, 0.15) is 29.4 Å². The van der Waals surface area contributed by atoms with E-state index in [-0.39, 0.29) is 6.10 Å². The minimum absolute atomic E-state index is 0.0898. The Balaban J connectivity index is 1.14. The molecular formula is C30H36N8O3. The van der Waals surface area contributed by atoms with Crippen LogP contribution in [0.3, 0.4) is 0 Å². The van der Waals surface area contributed by atoms with E-state index in [1.165, 1.54) is 0 Å². The van der Waals surface area contributed by atoms with E-state index in [4.69, 9.17) is 19.2 Å². The second-order valence-electron chi connectivity index (χ2n) is 10.8. The summed E-state index contributed by atoms with van der Waals surface area (Å²) < 4.78 is 17.3. The fourth-order valence-electron chi connectivity index (χ4n) is 5.56. The molecule has 0 aliphatic carbocycles. The van der Waals surface area contributed by atoms with E-state index in [1.807, 2.05) is 36.4 Å². The second kappa shape index (κ2) is 12.3. The number of pyridine rings is 1. The van der Waals surface area contributed by atoms with Crippen LogP contribution in [0.5, 0.6) is 11.6 Å². The molecule has 0 amide bonds. The van der Waals surface area contributed by atoms with Crippen molar-refractivity contribution in [2.24, 2.45) is 5.92 Å². The highest BCUT2D eigenvalue weighted by atomic mass is 16.5. The van der Waals surface area contributed by atoms with Crippen molar-refractivity contribution in [1.82, 2.24) is 25.2 Å². The lowest BCUT2D eigenvalue weighted by molar-refractivity contribution is -0.0660. The fourth-order valence-corrected chi connectivity index (χ4v) is 5.56. The number of anilines is 3. The molecule has 11 heteroatoms. The molecule has 214 valence electrons. The zero-order valence-electron chi connectivity index (χ0n) is 23.5. The number of piperazine rings is 1. The zero-order chi connectivity index (χ0) is 28.2. The van der Waals surface area contributed by atoms with Crippen LogP contribution in [0, 0.1) is 17.2 Å². The van der Waals surface area contributed by atoms with Gasteiger partial charge in [-0.05, 0) is 49.4 Å². The molecule has 2 aromatic heterocycles. The maximum absolute atomic E-state index is 9.83. The van der Waals surface area contributed by atoms with Crippen molar-refractivity contribution in [2.75, 3.05) is 69.8 Å². The lowest BCUT2D eigenvalue weighted by atomic mass is 9.98. The normalized spacial score (nSPS) is 21.5. The molecule has 11 nitrogen and oxygen atoms in total. The maximum atomic E-state index is 9.83. The average molecular weight is 557 g/mol. The monoisotopic (exact) mass is 556 g/mol. The van der Waals surface area contributed by atoms with Crippen LogP contribution in [0.15, 0.2) is 42.6 Å². The van der Waals surface area contributed by atoms with Crippen LogP contribution in [0.25, 0.3) is 11.3 Å². The Kier molecular flexibility index (Phi) is 8.14. The molecule has 2 N–H and O–H groups in total. The van der Waals surface area contributed by atoms with Crippen LogP contribution in [0.4, 0.5) is 17.5 Å². The largest absolute Gasteiger partial charge is 0.489 e. The molecule has 3 aromatic rings. The SMILES string of the molecule is COc1nc(Nc2nccc(-c3ccc(OC4CCNCC4C)c(C#N)c3)n2)ccc1N1CCN(C2COC2)CC1. The van der Waals surface area contributed by atoms with E-state index in [1.54, 1.807) is 13.3 Å². The van der Waals surface area contributed by atoms with Gasteiger partial charge in [-0.15, -0.1) is 0 Å². The Morgan fingerprint density at radius 2 is 1.95 bits per heavy atom. The Labute approximate surface area is 240 Å². The van der Waals surface area contributed by atoms with Gasteiger partial charge in [-0.1, -0.05) is 6.92 Å². The topological polar surface area (TPSA) is 121 Å². The number of methoxy groups -OCH3 is 1. The van der Waals surface area contributed by atoms with Crippen molar-refractivity contribution in [3.63, 3.8) is 0 Å². The van der Waals surface area contributed by atoms with E-state index >= 15 is 0 Å². The third kappa shape index (κ3) is 6.05. The predicted molar refractivity (Wildman–Crippen MR) is 156 cm³/mol. The first-order chi connectivity index (χ1) is 20.1. The average Bonchev–Trinajstić information content (AvgIpc) is 2.98. The van der Waals surface area contributed by atoms with E-state index in [2.05, 4.69) is 43.4 Å². The minimum atomic E-state index is 0.0898. The van der Waals surface area contributed by atoms with Crippen LogP contribution in [-0.2, 0) is 4.74 Å². The molecule has 2 unspecified atom stereocenters. The van der Waals surface area contributed by atoms with E-state index in [0.717, 1.165) is 70.2 Å². The summed E-state index contributed by atoms with van der Waals surface area (Å²) in [5.41, 5.74) is 2.97. The molecule has 0 radical (unpaired) electrons. The van der Waals surface area contributed by atoms with Crippen LogP contribution in [-0.4, -0.2) is 91.6 Å². The molecule has 0 spiro atoms. The highest BCUT2D eigenvalue weighted by Crippen LogP contribution is 2.31. The van der Waals surface area contributed by atoms with Crippen LogP contribution in [0.1, 0.15) is 18.9 Å². The van der Waals surface area contributed by atoms with Crippen molar-refractivity contribution in [3.05, 3.63) is 48.2 Å². The van der Waals surface area contributed by atoms with Crippen molar-refractivity contribution >= 4 is 17.5 Å². The standard InChI is InChI=1S/C30H36N8O3/c1-20-17-32-9-8-26(20)41-27-5-3-21(15-22(27)16-31)24-7-10-33-30(34-24)36-28-6-4-25(29(35-28)39-2)38-13-11-37(12-14-38)23-18-40-19-23/h3-7,10,15,20,23,26,32H,8-9,11-14,17-19H2,1-2H3,(H,33,34,35,36). The summed E-state index contributed by atoms with van der Waals surface area (Å²) in [6, 6.07) is 14.2. The number of benzene rings is 1. The number of hydrogen-bond donors (Lipinski definition) is 2. The van der Waals surface area contributed by atoms with Gasteiger partial charge in [0.15, 0.2) is 0 Å². The van der Waals surface area contributed by atoms with E-state index in [0.29, 0.717) is 46.6 Å². The lowest BCUT2D eigenvalue weighted by Crippen LogP contribution is -2.56. The van der Waals surface area contributed by atoms with E-state index < -0.39 is 0 Å². The molecule has 1 aromatic carbocycles. The molecule has 41 heavy (non-hydrogen) atoms. The van der Waals surface area contributed by atoms with Crippen molar-refractivity contribution < 1.29 is 14.2 Å². The highest BCUT2D eigenvalue weighted by Gasteiger charge is 2.30. The van der Waals surface area contributed by atoms with Gasteiger partial charge in [0.05, 0.1) is 37.6 Å². The first-order valence-corrected chi connectivity index (χ1v) is 14.2. The van der Waals surface area contributed by atoms with Gasteiger partial charge in [-0.25, -0.2) is 9.97 Å². The molecule has 0 bridgehead atoms. The van der Waals surface area contributed by atoms with Crippen molar-refractivity contribution in [1.29, 1.82) is 5.26 Å². The van der Waals surface area contributed by atoms with Crippen molar-refractivity contribution in [3.8, 4) is 29.0 Å². The summed E-state index contributed by atoms with van der Waals surface area (Å²) in [5, 5.41) is 16.4. The summed E-state index contributed by atoms with van der Waals surface area (Å²) in [7, 11) is 1.64. The summed E-state index contributed by atoms with van der Waals surface area (Å²) in [6.45, 7) is 9.50. The molecule has 5 heterocycles. The summed E-state index contributed by atoms with van der Waals surface area (Å²) >= 11 is 0.